The Morgan fingerprint density at radius 3 is 2.91 bits per heavy atom. The molecule has 1 aliphatic rings. The zero-order valence-corrected chi connectivity index (χ0v) is 13.2. The van der Waals surface area contributed by atoms with Crippen LogP contribution in [0.1, 0.15) is 12.0 Å². The van der Waals surface area contributed by atoms with Crippen LogP contribution in [-0.2, 0) is 6.54 Å². The summed E-state index contributed by atoms with van der Waals surface area (Å²) >= 11 is 6.30. The van der Waals surface area contributed by atoms with Crippen molar-refractivity contribution in [3.63, 3.8) is 0 Å². The third kappa shape index (κ3) is 3.39. The molecule has 2 aromatic carbocycles. The van der Waals surface area contributed by atoms with Gasteiger partial charge in [-0.05, 0) is 29.8 Å². The topological polar surface area (TPSA) is 39.7 Å². The first kappa shape index (κ1) is 14.9. The Morgan fingerprint density at radius 2 is 2.05 bits per heavy atom. The van der Waals surface area contributed by atoms with Crippen LogP contribution in [0, 0.1) is 0 Å². The van der Waals surface area contributed by atoms with Gasteiger partial charge in [0, 0.05) is 24.7 Å². The van der Waals surface area contributed by atoms with E-state index >= 15 is 0 Å². The molecule has 1 N–H and O–H groups in total. The summed E-state index contributed by atoms with van der Waals surface area (Å²) in [6, 6.07) is 11.7. The fraction of sp³-hybridized carbons (Fsp3) is 0.294. The Labute approximate surface area is 135 Å². The summed E-state index contributed by atoms with van der Waals surface area (Å²) in [7, 11) is 1.66. The minimum absolute atomic E-state index is 0.585. The summed E-state index contributed by atoms with van der Waals surface area (Å²) in [5.41, 5.74) is 2.03. The van der Waals surface area contributed by atoms with Crippen molar-refractivity contribution < 1.29 is 14.2 Å². The molecule has 0 aromatic heterocycles. The van der Waals surface area contributed by atoms with Gasteiger partial charge in [0.05, 0.1) is 25.3 Å². The number of hydrogen-bond donors (Lipinski definition) is 1. The van der Waals surface area contributed by atoms with Crippen molar-refractivity contribution >= 4 is 17.3 Å². The van der Waals surface area contributed by atoms with Gasteiger partial charge in [0.2, 0.25) is 0 Å². The summed E-state index contributed by atoms with van der Waals surface area (Å²) < 4.78 is 16.6. The second-order valence-corrected chi connectivity index (χ2v) is 5.45. The maximum atomic E-state index is 6.30. The van der Waals surface area contributed by atoms with Crippen LogP contribution < -0.4 is 19.5 Å². The number of ether oxygens (including phenoxy) is 3. The zero-order valence-electron chi connectivity index (χ0n) is 12.4. The fourth-order valence-corrected chi connectivity index (χ4v) is 2.61. The van der Waals surface area contributed by atoms with Crippen LogP contribution in [0.15, 0.2) is 36.4 Å². The van der Waals surface area contributed by atoms with Gasteiger partial charge in [-0.15, -0.1) is 0 Å². The van der Waals surface area contributed by atoms with Crippen LogP contribution in [0.5, 0.6) is 17.2 Å². The first-order valence-electron chi connectivity index (χ1n) is 7.22. The quantitative estimate of drug-likeness (QED) is 0.920. The summed E-state index contributed by atoms with van der Waals surface area (Å²) in [5.74, 6) is 2.18. The Bertz CT molecular complexity index is 660. The number of rotatable bonds is 4. The van der Waals surface area contributed by atoms with E-state index < -0.39 is 0 Å². The van der Waals surface area contributed by atoms with E-state index in [2.05, 4.69) is 5.32 Å². The van der Waals surface area contributed by atoms with E-state index in [4.69, 9.17) is 25.8 Å². The smallest absolute Gasteiger partial charge is 0.179 e. The Hall–Kier alpha value is -2.07. The normalized spacial score (nSPS) is 13.4. The molecule has 0 fully saturated rings. The van der Waals surface area contributed by atoms with Gasteiger partial charge in [0.15, 0.2) is 11.5 Å². The van der Waals surface area contributed by atoms with Crippen molar-refractivity contribution in [2.24, 2.45) is 0 Å². The van der Waals surface area contributed by atoms with Crippen LogP contribution in [0.3, 0.4) is 0 Å². The molecule has 5 heteroatoms. The van der Waals surface area contributed by atoms with Crippen LogP contribution >= 0.6 is 11.6 Å². The first-order valence-corrected chi connectivity index (χ1v) is 7.60. The highest BCUT2D eigenvalue weighted by Crippen LogP contribution is 2.38. The lowest BCUT2D eigenvalue weighted by Crippen LogP contribution is -2.01. The van der Waals surface area contributed by atoms with Crippen molar-refractivity contribution in [3.05, 3.63) is 47.0 Å². The SMILES string of the molecule is COc1cccc(NCc2cc(Cl)c3c(c2)OCCCO3)c1. The van der Waals surface area contributed by atoms with Crippen molar-refractivity contribution in [3.8, 4) is 17.2 Å². The Balaban J connectivity index is 1.75. The standard InChI is InChI=1S/C17H18ClNO3/c1-20-14-5-2-4-13(10-14)19-11-12-8-15(18)17-16(9-12)21-6-3-7-22-17/h2,4-5,8-10,19H,3,6-7,11H2,1H3. The van der Waals surface area contributed by atoms with E-state index in [-0.39, 0.29) is 0 Å². The summed E-state index contributed by atoms with van der Waals surface area (Å²) in [4.78, 5) is 0. The number of fused-ring (bicyclic) bond motifs is 1. The molecule has 0 atom stereocenters. The van der Waals surface area contributed by atoms with Gasteiger partial charge in [0.25, 0.3) is 0 Å². The number of methoxy groups -OCH3 is 1. The van der Waals surface area contributed by atoms with E-state index in [0.29, 0.717) is 36.3 Å². The highest BCUT2D eigenvalue weighted by atomic mass is 35.5. The maximum Gasteiger partial charge on any atom is 0.179 e. The highest BCUT2D eigenvalue weighted by Gasteiger charge is 2.15. The molecule has 116 valence electrons. The highest BCUT2D eigenvalue weighted by molar-refractivity contribution is 6.32. The van der Waals surface area contributed by atoms with Gasteiger partial charge in [-0.2, -0.15) is 0 Å². The van der Waals surface area contributed by atoms with E-state index in [1.165, 1.54) is 0 Å². The molecule has 0 saturated heterocycles. The summed E-state index contributed by atoms with van der Waals surface area (Å²) in [6.45, 7) is 1.92. The van der Waals surface area contributed by atoms with Gasteiger partial charge in [0.1, 0.15) is 5.75 Å². The monoisotopic (exact) mass is 319 g/mol. The Morgan fingerprint density at radius 1 is 1.18 bits per heavy atom. The van der Waals surface area contributed by atoms with Crippen LogP contribution in [0.4, 0.5) is 5.69 Å². The van der Waals surface area contributed by atoms with Crippen LogP contribution in [-0.4, -0.2) is 20.3 Å². The molecule has 3 rings (SSSR count). The van der Waals surface area contributed by atoms with Crippen molar-refractivity contribution in [2.45, 2.75) is 13.0 Å². The molecule has 0 saturated carbocycles. The first-order chi connectivity index (χ1) is 10.8. The fourth-order valence-electron chi connectivity index (χ4n) is 2.32. The molecule has 2 aromatic rings. The third-order valence-corrected chi connectivity index (χ3v) is 3.71. The number of anilines is 1. The molecule has 0 unspecified atom stereocenters. The van der Waals surface area contributed by atoms with Crippen LogP contribution in [0.2, 0.25) is 5.02 Å². The largest absolute Gasteiger partial charge is 0.497 e. The van der Waals surface area contributed by atoms with Gasteiger partial charge in [-0.1, -0.05) is 17.7 Å². The maximum absolute atomic E-state index is 6.30. The minimum atomic E-state index is 0.585. The van der Waals surface area contributed by atoms with Crippen LogP contribution in [0.25, 0.3) is 0 Å². The lowest BCUT2D eigenvalue weighted by atomic mass is 10.2. The van der Waals surface area contributed by atoms with Crippen molar-refractivity contribution in [1.29, 1.82) is 0 Å². The molecule has 0 amide bonds. The third-order valence-electron chi connectivity index (χ3n) is 3.43. The lowest BCUT2D eigenvalue weighted by molar-refractivity contribution is 0.297. The van der Waals surface area contributed by atoms with Gasteiger partial charge in [-0.25, -0.2) is 0 Å². The van der Waals surface area contributed by atoms with Gasteiger partial charge in [-0.3, -0.25) is 0 Å². The molecule has 0 bridgehead atoms. The summed E-state index contributed by atoms with van der Waals surface area (Å²) in [5, 5.41) is 3.94. The number of benzene rings is 2. The zero-order chi connectivity index (χ0) is 15.4. The molecule has 22 heavy (non-hydrogen) atoms. The van der Waals surface area contributed by atoms with Crippen molar-refractivity contribution in [1.82, 2.24) is 0 Å². The van der Waals surface area contributed by atoms with Gasteiger partial charge < -0.3 is 19.5 Å². The second-order valence-electron chi connectivity index (χ2n) is 5.04. The average molecular weight is 320 g/mol. The molecule has 0 spiro atoms. The van der Waals surface area contributed by atoms with E-state index in [0.717, 1.165) is 23.4 Å². The summed E-state index contributed by atoms with van der Waals surface area (Å²) in [6.07, 6.45) is 0.863. The molecular weight excluding hydrogens is 302 g/mol. The van der Waals surface area contributed by atoms with Crippen molar-refractivity contribution in [2.75, 3.05) is 25.6 Å². The number of hydrogen-bond acceptors (Lipinski definition) is 4. The molecular formula is C17H18ClNO3. The van der Waals surface area contributed by atoms with E-state index in [9.17, 15) is 0 Å². The molecule has 1 aliphatic heterocycles. The Kier molecular flexibility index (Phi) is 4.59. The molecule has 0 radical (unpaired) electrons. The predicted molar refractivity (Wildman–Crippen MR) is 87.4 cm³/mol. The van der Waals surface area contributed by atoms with E-state index in [1.807, 2.05) is 36.4 Å². The molecule has 4 nitrogen and oxygen atoms in total. The lowest BCUT2D eigenvalue weighted by Gasteiger charge is -2.13. The number of nitrogens with one attached hydrogen (secondary N) is 1. The minimum Gasteiger partial charge on any atom is -0.497 e. The molecule has 0 aliphatic carbocycles. The van der Waals surface area contributed by atoms with E-state index in [1.54, 1.807) is 7.11 Å². The second kappa shape index (κ2) is 6.79. The predicted octanol–water partition coefficient (Wildman–Crippen LogP) is 4.12. The average Bonchev–Trinajstić information content (AvgIpc) is 2.79. The molecule has 1 heterocycles. The van der Waals surface area contributed by atoms with Gasteiger partial charge >= 0.3 is 0 Å². The number of halogens is 1.